The van der Waals surface area contributed by atoms with E-state index in [0.29, 0.717) is 29.9 Å². The highest BCUT2D eigenvalue weighted by Gasteiger charge is 2.17. The van der Waals surface area contributed by atoms with Crippen molar-refractivity contribution < 1.29 is 4.79 Å². The summed E-state index contributed by atoms with van der Waals surface area (Å²) < 4.78 is 0. The number of anilines is 1. The summed E-state index contributed by atoms with van der Waals surface area (Å²) in [7, 11) is 1.67. The third kappa shape index (κ3) is 3.02. The Morgan fingerprint density at radius 2 is 2.35 bits per heavy atom. The van der Waals surface area contributed by atoms with Gasteiger partial charge >= 0.3 is 0 Å². The van der Waals surface area contributed by atoms with Gasteiger partial charge in [0.25, 0.3) is 5.91 Å². The van der Waals surface area contributed by atoms with Crippen LogP contribution >= 0.6 is 11.3 Å². The third-order valence-electron chi connectivity index (χ3n) is 2.80. The zero-order chi connectivity index (χ0) is 14.5. The number of hydrogen-bond acceptors (Lipinski definition) is 5. The zero-order valence-electron chi connectivity index (χ0n) is 11.0. The van der Waals surface area contributed by atoms with Crippen LogP contribution in [0, 0.1) is 11.3 Å². The van der Waals surface area contributed by atoms with Gasteiger partial charge in [-0.05, 0) is 24.7 Å². The number of carbonyl (C=O) groups excluding carboxylic acids is 1. The van der Waals surface area contributed by atoms with Crippen LogP contribution in [0.15, 0.2) is 29.6 Å². The van der Waals surface area contributed by atoms with Crippen LogP contribution in [0.3, 0.4) is 0 Å². The van der Waals surface area contributed by atoms with E-state index >= 15 is 0 Å². The second kappa shape index (κ2) is 6.28. The number of benzene rings is 1. The Balaban J connectivity index is 2.20. The molecule has 0 spiro atoms. The Morgan fingerprint density at radius 3 is 3.05 bits per heavy atom. The van der Waals surface area contributed by atoms with Crippen molar-refractivity contribution in [3.8, 4) is 6.07 Å². The maximum atomic E-state index is 12.3. The van der Waals surface area contributed by atoms with Crippen molar-refractivity contribution >= 4 is 22.9 Å². The molecule has 0 radical (unpaired) electrons. The molecule has 2 N–H and O–H groups in total. The van der Waals surface area contributed by atoms with E-state index in [9.17, 15) is 4.79 Å². The van der Waals surface area contributed by atoms with E-state index in [4.69, 9.17) is 11.0 Å². The molecule has 102 valence electrons. The van der Waals surface area contributed by atoms with E-state index < -0.39 is 0 Å². The molecule has 0 fully saturated rings. The number of amides is 1. The molecule has 1 aromatic carbocycles. The average molecular weight is 286 g/mol. The van der Waals surface area contributed by atoms with Gasteiger partial charge in [-0.3, -0.25) is 4.79 Å². The van der Waals surface area contributed by atoms with Gasteiger partial charge in [0.15, 0.2) is 0 Å². The van der Waals surface area contributed by atoms with Crippen LogP contribution in [0.5, 0.6) is 0 Å². The van der Waals surface area contributed by atoms with Gasteiger partial charge in [-0.1, -0.05) is 6.07 Å². The highest BCUT2D eigenvalue weighted by molar-refractivity contribution is 7.09. The molecular weight excluding hydrogens is 272 g/mol. The fraction of sp³-hybridized carbons (Fsp3) is 0.214. The number of hydrogen-bond donors (Lipinski definition) is 1. The van der Waals surface area contributed by atoms with Gasteiger partial charge < -0.3 is 10.6 Å². The second-order valence-corrected chi connectivity index (χ2v) is 5.13. The second-order valence-electron chi connectivity index (χ2n) is 4.19. The molecule has 1 amide bonds. The number of aromatic nitrogens is 1. The van der Waals surface area contributed by atoms with Crippen LogP contribution < -0.4 is 10.6 Å². The van der Waals surface area contributed by atoms with Crippen molar-refractivity contribution in [3.63, 3.8) is 0 Å². The lowest BCUT2D eigenvalue weighted by Crippen LogP contribution is -2.26. The molecule has 2 rings (SSSR count). The first-order valence-electron chi connectivity index (χ1n) is 6.08. The highest BCUT2D eigenvalue weighted by atomic mass is 32.1. The quantitative estimate of drug-likeness (QED) is 0.928. The molecule has 0 aliphatic carbocycles. The maximum Gasteiger partial charge on any atom is 0.277 e. The Hall–Kier alpha value is -2.23. The molecule has 2 aromatic rings. The van der Waals surface area contributed by atoms with Crippen LogP contribution in [0.2, 0.25) is 0 Å². The highest BCUT2D eigenvalue weighted by Crippen LogP contribution is 2.18. The first-order valence-corrected chi connectivity index (χ1v) is 6.96. The van der Waals surface area contributed by atoms with Gasteiger partial charge in [-0.25, -0.2) is 4.98 Å². The predicted molar refractivity (Wildman–Crippen MR) is 78.8 cm³/mol. The lowest BCUT2D eigenvalue weighted by atomic mass is 10.2. The zero-order valence-corrected chi connectivity index (χ0v) is 11.9. The summed E-state index contributed by atoms with van der Waals surface area (Å²) >= 11 is 1.43. The predicted octanol–water partition coefficient (Wildman–Crippen LogP) is 1.79. The number of nitrogens with zero attached hydrogens (tertiary/aromatic N) is 3. The molecule has 1 heterocycles. The van der Waals surface area contributed by atoms with E-state index in [1.54, 1.807) is 36.7 Å². The number of nitriles is 1. The largest absolute Gasteiger partial charge is 0.330 e. The van der Waals surface area contributed by atoms with Crippen molar-refractivity contribution in [3.05, 3.63) is 45.9 Å². The fourth-order valence-electron chi connectivity index (χ4n) is 1.72. The standard InChI is InChI=1S/C14H14N4OS/c1-18(11-4-2-3-10(7-11)8-16)14(19)12-9-20-13(17-12)5-6-15/h2-4,7,9H,5-6,15H2,1H3. The summed E-state index contributed by atoms with van der Waals surface area (Å²) in [6.45, 7) is 0.515. The van der Waals surface area contributed by atoms with E-state index in [2.05, 4.69) is 11.1 Å². The average Bonchev–Trinajstić information content (AvgIpc) is 2.95. The van der Waals surface area contributed by atoms with Crippen LogP contribution in [0.4, 0.5) is 5.69 Å². The summed E-state index contributed by atoms with van der Waals surface area (Å²) in [5.41, 5.74) is 7.06. The third-order valence-corrected chi connectivity index (χ3v) is 3.70. The fourth-order valence-corrected chi connectivity index (χ4v) is 2.51. The minimum atomic E-state index is -0.195. The van der Waals surface area contributed by atoms with E-state index in [0.717, 1.165) is 5.01 Å². The molecular formula is C14H14N4OS. The lowest BCUT2D eigenvalue weighted by molar-refractivity contribution is 0.0989. The number of rotatable bonds is 4. The van der Waals surface area contributed by atoms with Crippen LogP contribution in [-0.4, -0.2) is 24.5 Å². The smallest absolute Gasteiger partial charge is 0.277 e. The molecule has 20 heavy (non-hydrogen) atoms. The normalized spacial score (nSPS) is 10.1. The summed E-state index contributed by atoms with van der Waals surface area (Å²) in [6, 6.07) is 8.96. The topological polar surface area (TPSA) is 83.0 Å². The molecule has 5 nitrogen and oxygen atoms in total. The summed E-state index contributed by atoms with van der Waals surface area (Å²) in [6.07, 6.45) is 0.672. The molecule has 0 unspecified atom stereocenters. The van der Waals surface area contributed by atoms with Gasteiger partial charge in [0.2, 0.25) is 0 Å². The van der Waals surface area contributed by atoms with Gasteiger partial charge in [0.1, 0.15) is 5.69 Å². The van der Waals surface area contributed by atoms with E-state index in [-0.39, 0.29) is 5.91 Å². The number of nitrogens with two attached hydrogens (primary N) is 1. The van der Waals surface area contributed by atoms with Crippen LogP contribution in [0.25, 0.3) is 0 Å². The SMILES string of the molecule is CN(C(=O)c1csc(CCN)n1)c1cccc(C#N)c1. The minimum absolute atomic E-state index is 0.195. The van der Waals surface area contributed by atoms with Gasteiger partial charge in [0, 0.05) is 24.5 Å². The Morgan fingerprint density at radius 1 is 1.55 bits per heavy atom. The van der Waals surface area contributed by atoms with Gasteiger partial charge in [-0.2, -0.15) is 5.26 Å². The molecule has 0 aliphatic rings. The first-order chi connectivity index (χ1) is 9.65. The van der Waals surface area contributed by atoms with E-state index in [1.165, 1.54) is 16.2 Å². The molecule has 0 saturated carbocycles. The number of thiazole rings is 1. The summed E-state index contributed by atoms with van der Waals surface area (Å²) in [5.74, 6) is -0.195. The minimum Gasteiger partial charge on any atom is -0.330 e. The van der Waals surface area contributed by atoms with Crippen molar-refractivity contribution in [2.45, 2.75) is 6.42 Å². The maximum absolute atomic E-state index is 12.3. The van der Waals surface area contributed by atoms with Gasteiger partial charge in [0.05, 0.1) is 16.6 Å². The van der Waals surface area contributed by atoms with Crippen LogP contribution in [0.1, 0.15) is 21.1 Å². The Bertz CT molecular complexity index is 659. The molecule has 1 aromatic heterocycles. The Labute approximate surface area is 121 Å². The van der Waals surface area contributed by atoms with Crippen molar-refractivity contribution in [2.75, 3.05) is 18.5 Å². The lowest BCUT2D eigenvalue weighted by Gasteiger charge is -2.16. The van der Waals surface area contributed by atoms with Gasteiger partial charge in [-0.15, -0.1) is 11.3 Å². The van der Waals surface area contributed by atoms with Crippen molar-refractivity contribution in [1.29, 1.82) is 5.26 Å². The first kappa shape index (κ1) is 14.2. The number of carbonyl (C=O) groups is 1. The molecule has 0 bridgehead atoms. The van der Waals surface area contributed by atoms with Crippen molar-refractivity contribution in [1.82, 2.24) is 4.98 Å². The molecule has 0 saturated heterocycles. The molecule has 0 aliphatic heterocycles. The molecule has 6 heteroatoms. The molecule has 0 atom stereocenters. The summed E-state index contributed by atoms with van der Waals surface area (Å²) in [5, 5.41) is 11.5. The monoisotopic (exact) mass is 286 g/mol. The van der Waals surface area contributed by atoms with Crippen LogP contribution in [-0.2, 0) is 6.42 Å². The summed E-state index contributed by atoms with van der Waals surface area (Å²) in [4.78, 5) is 18.1. The van der Waals surface area contributed by atoms with Crippen molar-refractivity contribution in [2.24, 2.45) is 5.73 Å². The Kier molecular flexibility index (Phi) is 4.45. The van der Waals surface area contributed by atoms with E-state index in [1.807, 2.05) is 0 Å².